The minimum atomic E-state index is -1.28. The highest BCUT2D eigenvalue weighted by atomic mass is 32.2. The van der Waals surface area contributed by atoms with Gasteiger partial charge in [0.05, 0.1) is 0 Å². The Morgan fingerprint density at radius 1 is 1.53 bits per heavy atom. The number of aromatic carboxylic acids is 1. The number of carboxylic acids is 1. The number of carboxylic acid groups (broad SMARTS) is 1. The number of benzene rings is 1. The van der Waals surface area contributed by atoms with Crippen LogP contribution in [-0.4, -0.2) is 20.6 Å². The third kappa shape index (κ3) is 2.31. The van der Waals surface area contributed by atoms with Gasteiger partial charge in [0, 0.05) is 24.3 Å². The van der Waals surface area contributed by atoms with Crippen LogP contribution in [0.5, 0.6) is 0 Å². The van der Waals surface area contributed by atoms with Crippen molar-refractivity contribution in [2.24, 2.45) is 7.05 Å². The van der Waals surface area contributed by atoms with Crippen molar-refractivity contribution in [2.45, 2.75) is 10.1 Å². The summed E-state index contributed by atoms with van der Waals surface area (Å²) in [5.74, 6) is -2.02. The molecule has 0 aliphatic rings. The van der Waals surface area contributed by atoms with Crippen molar-refractivity contribution in [1.82, 2.24) is 9.55 Å². The third-order valence-electron chi connectivity index (χ3n) is 2.17. The lowest BCUT2D eigenvalue weighted by Gasteiger charge is -2.06. The van der Waals surface area contributed by atoms with Crippen LogP contribution in [0.3, 0.4) is 0 Å². The van der Waals surface area contributed by atoms with Gasteiger partial charge in [0.2, 0.25) is 0 Å². The summed E-state index contributed by atoms with van der Waals surface area (Å²) >= 11 is 1.12. The fourth-order valence-corrected chi connectivity index (χ4v) is 2.29. The zero-order valence-electron chi connectivity index (χ0n) is 8.92. The molecule has 2 aromatic rings. The molecule has 88 valence electrons. The van der Waals surface area contributed by atoms with Crippen molar-refractivity contribution < 1.29 is 14.3 Å². The molecule has 0 fully saturated rings. The number of hydrogen-bond acceptors (Lipinski definition) is 3. The quantitative estimate of drug-likeness (QED) is 0.911. The Bertz CT molecular complexity index is 568. The molecule has 0 aliphatic heterocycles. The van der Waals surface area contributed by atoms with E-state index in [2.05, 4.69) is 4.98 Å². The van der Waals surface area contributed by atoms with E-state index in [0.717, 1.165) is 17.8 Å². The first-order valence-corrected chi connectivity index (χ1v) is 5.58. The molecule has 6 heteroatoms. The normalized spacial score (nSPS) is 10.5. The summed E-state index contributed by atoms with van der Waals surface area (Å²) in [4.78, 5) is 15.4. The van der Waals surface area contributed by atoms with Gasteiger partial charge >= 0.3 is 5.97 Å². The Hall–Kier alpha value is -1.82. The molecule has 0 spiro atoms. The Morgan fingerprint density at radius 2 is 2.29 bits per heavy atom. The average molecular weight is 252 g/mol. The van der Waals surface area contributed by atoms with Gasteiger partial charge in [-0.05, 0) is 12.1 Å². The molecule has 0 saturated heterocycles. The van der Waals surface area contributed by atoms with Crippen molar-refractivity contribution in [1.29, 1.82) is 0 Å². The van der Waals surface area contributed by atoms with Gasteiger partial charge in [-0.15, -0.1) is 0 Å². The van der Waals surface area contributed by atoms with Gasteiger partial charge in [0.1, 0.15) is 11.4 Å². The summed E-state index contributed by atoms with van der Waals surface area (Å²) in [5.41, 5.74) is -0.319. The highest BCUT2D eigenvalue weighted by Crippen LogP contribution is 2.30. The summed E-state index contributed by atoms with van der Waals surface area (Å²) < 4.78 is 15.1. The molecule has 0 bridgehead atoms. The maximum atomic E-state index is 13.4. The van der Waals surface area contributed by atoms with Gasteiger partial charge in [-0.1, -0.05) is 17.8 Å². The molecular formula is C11H9FN2O2S. The number of hydrogen-bond donors (Lipinski definition) is 1. The molecule has 0 atom stereocenters. The molecule has 1 heterocycles. The minimum absolute atomic E-state index is 0.319. The largest absolute Gasteiger partial charge is 0.478 e. The van der Waals surface area contributed by atoms with E-state index in [-0.39, 0.29) is 5.56 Å². The Kier molecular flexibility index (Phi) is 3.14. The maximum absolute atomic E-state index is 13.4. The van der Waals surface area contributed by atoms with E-state index in [9.17, 15) is 9.18 Å². The summed E-state index contributed by atoms with van der Waals surface area (Å²) in [6.07, 6.45) is 3.34. The molecule has 1 N–H and O–H groups in total. The van der Waals surface area contributed by atoms with Crippen LogP contribution in [0.15, 0.2) is 40.6 Å². The van der Waals surface area contributed by atoms with Crippen molar-refractivity contribution in [3.05, 3.63) is 42.0 Å². The number of imidazole rings is 1. The molecule has 0 radical (unpaired) electrons. The zero-order chi connectivity index (χ0) is 12.4. The second kappa shape index (κ2) is 4.58. The first-order valence-electron chi connectivity index (χ1n) is 4.76. The van der Waals surface area contributed by atoms with E-state index in [0.29, 0.717) is 10.1 Å². The van der Waals surface area contributed by atoms with Gasteiger partial charge in [0.15, 0.2) is 5.16 Å². The number of aromatic nitrogens is 2. The number of nitrogens with zero attached hydrogens (tertiary/aromatic N) is 2. The number of aryl methyl sites for hydroxylation is 1. The molecule has 1 aromatic heterocycles. The predicted molar refractivity (Wildman–Crippen MR) is 60.7 cm³/mol. The van der Waals surface area contributed by atoms with Crippen LogP contribution in [0.4, 0.5) is 4.39 Å². The van der Waals surface area contributed by atoms with Gasteiger partial charge in [-0.3, -0.25) is 0 Å². The first-order chi connectivity index (χ1) is 8.09. The lowest BCUT2D eigenvalue weighted by Crippen LogP contribution is -2.03. The van der Waals surface area contributed by atoms with Crippen LogP contribution in [0.25, 0.3) is 0 Å². The van der Waals surface area contributed by atoms with E-state index in [4.69, 9.17) is 5.11 Å². The van der Waals surface area contributed by atoms with Crippen molar-refractivity contribution >= 4 is 17.7 Å². The number of carbonyl (C=O) groups is 1. The third-order valence-corrected chi connectivity index (χ3v) is 3.30. The fourth-order valence-electron chi connectivity index (χ4n) is 1.35. The molecule has 17 heavy (non-hydrogen) atoms. The van der Waals surface area contributed by atoms with Crippen LogP contribution in [0, 0.1) is 5.82 Å². The highest BCUT2D eigenvalue weighted by Gasteiger charge is 2.17. The number of halogens is 1. The maximum Gasteiger partial charge on any atom is 0.339 e. The topological polar surface area (TPSA) is 55.1 Å². The second-order valence-electron chi connectivity index (χ2n) is 3.34. The molecule has 0 unspecified atom stereocenters. The minimum Gasteiger partial charge on any atom is -0.478 e. The molecule has 1 aromatic carbocycles. The van der Waals surface area contributed by atoms with Gasteiger partial charge in [-0.2, -0.15) is 0 Å². The summed E-state index contributed by atoms with van der Waals surface area (Å²) in [6.45, 7) is 0. The van der Waals surface area contributed by atoms with Crippen LogP contribution in [-0.2, 0) is 7.05 Å². The average Bonchev–Trinajstić information content (AvgIpc) is 2.64. The van der Waals surface area contributed by atoms with E-state index >= 15 is 0 Å². The van der Waals surface area contributed by atoms with Crippen molar-refractivity contribution in [2.75, 3.05) is 0 Å². The summed E-state index contributed by atoms with van der Waals surface area (Å²) in [7, 11) is 1.79. The van der Waals surface area contributed by atoms with Crippen LogP contribution in [0.1, 0.15) is 10.4 Å². The van der Waals surface area contributed by atoms with Gasteiger partial charge in [-0.25, -0.2) is 14.2 Å². The van der Waals surface area contributed by atoms with Crippen LogP contribution in [0.2, 0.25) is 0 Å². The summed E-state index contributed by atoms with van der Waals surface area (Å²) in [6, 6.07) is 4.17. The molecule has 4 nitrogen and oxygen atoms in total. The molecular weight excluding hydrogens is 243 g/mol. The molecule has 0 aliphatic carbocycles. The lowest BCUT2D eigenvalue weighted by atomic mass is 10.2. The SMILES string of the molecule is Cn1ccnc1Sc1cccc(F)c1C(=O)O. The molecule has 2 rings (SSSR count). The van der Waals surface area contributed by atoms with E-state index in [1.54, 1.807) is 30.1 Å². The second-order valence-corrected chi connectivity index (χ2v) is 4.35. The van der Waals surface area contributed by atoms with Crippen LogP contribution >= 0.6 is 11.8 Å². The molecule has 0 saturated carbocycles. The zero-order valence-corrected chi connectivity index (χ0v) is 9.74. The van der Waals surface area contributed by atoms with E-state index < -0.39 is 11.8 Å². The Labute approximate surface area is 101 Å². The van der Waals surface area contributed by atoms with Gasteiger partial charge in [0.25, 0.3) is 0 Å². The monoisotopic (exact) mass is 252 g/mol. The van der Waals surface area contributed by atoms with E-state index in [1.807, 2.05) is 0 Å². The molecule has 0 amide bonds. The summed E-state index contributed by atoms with van der Waals surface area (Å²) in [5, 5.41) is 9.57. The van der Waals surface area contributed by atoms with Crippen LogP contribution < -0.4 is 0 Å². The highest BCUT2D eigenvalue weighted by molar-refractivity contribution is 7.99. The first kappa shape index (κ1) is 11.7. The standard InChI is InChI=1S/C11H9FN2O2S/c1-14-6-5-13-11(14)17-8-4-2-3-7(12)9(8)10(15)16/h2-6H,1H3,(H,15,16). The van der Waals surface area contributed by atoms with Gasteiger partial charge < -0.3 is 9.67 Å². The fraction of sp³-hybridized carbons (Fsp3) is 0.0909. The Balaban J connectivity index is 2.43. The van der Waals surface area contributed by atoms with E-state index in [1.165, 1.54) is 6.07 Å². The Morgan fingerprint density at radius 3 is 2.88 bits per heavy atom. The lowest BCUT2D eigenvalue weighted by molar-refractivity contribution is 0.0688. The van der Waals surface area contributed by atoms with Crippen molar-refractivity contribution in [3.8, 4) is 0 Å². The number of rotatable bonds is 3. The smallest absolute Gasteiger partial charge is 0.339 e. The van der Waals surface area contributed by atoms with Crippen molar-refractivity contribution in [3.63, 3.8) is 0 Å². The predicted octanol–water partition coefficient (Wildman–Crippen LogP) is 2.41.